The highest BCUT2D eigenvalue weighted by Gasteiger charge is 2.31. The Morgan fingerprint density at radius 2 is 1.87 bits per heavy atom. The van der Waals surface area contributed by atoms with Gasteiger partial charge in [0, 0.05) is 6.54 Å². The Bertz CT molecular complexity index is 1190. The highest BCUT2D eigenvalue weighted by Crippen LogP contribution is 2.29. The Morgan fingerprint density at radius 1 is 1.13 bits per heavy atom. The van der Waals surface area contributed by atoms with Crippen LogP contribution in [-0.2, 0) is 25.7 Å². The number of fused-ring (bicyclic) bond motifs is 2. The van der Waals surface area contributed by atoms with E-state index >= 15 is 0 Å². The number of aryl methyl sites for hydroxylation is 1. The van der Waals surface area contributed by atoms with E-state index in [2.05, 4.69) is 5.32 Å². The molecule has 1 aliphatic rings. The molecule has 4 rings (SSSR count). The number of para-hydroxylation sites is 4. The Balaban J connectivity index is 1.41. The Labute approximate surface area is 170 Å². The third-order valence-corrected chi connectivity index (χ3v) is 4.81. The number of nitrogens with zero attached hydrogens (tertiary/aromatic N) is 2. The molecule has 0 spiro atoms. The summed E-state index contributed by atoms with van der Waals surface area (Å²) in [6.45, 7) is 1.35. The monoisotopic (exact) mass is 409 g/mol. The van der Waals surface area contributed by atoms with Crippen molar-refractivity contribution in [3.8, 4) is 0 Å². The SMILES string of the molecule is C[C@@H](OC(=O)CCn1c(=O)oc2ccccc21)C(=O)N1CC(=O)Nc2ccccc21. The first kappa shape index (κ1) is 19.4. The average Bonchev–Trinajstić information content (AvgIpc) is 3.05. The van der Waals surface area contributed by atoms with E-state index in [0.717, 1.165) is 0 Å². The summed E-state index contributed by atoms with van der Waals surface area (Å²) in [5.41, 5.74) is 2.07. The summed E-state index contributed by atoms with van der Waals surface area (Å²) >= 11 is 0. The second kappa shape index (κ2) is 7.86. The number of carbonyl (C=O) groups is 3. The maximum atomic E-state index is 12.8. The third kappa shape index (κ3) is 3.69. The fraction of sp³-hybridized carbons (Fsp3) is 0.238. The molecular weight excluding hydrogens is 390 g/mol. The summed E-state index contributed by atoms with van der Waals surface area (Å²) in [5.74, 6) is -2.03. The molecule has 1 aromatic heterocycles. The molecule has 0 saturated heterocycles. The first-order chi connectivity index (χ1) is 14.4. The molecule has 0 aliphatic carbocycles. The van der Waals surface area contributed by atoms with Gasteiger partial charge in [0.15, 0.2) is 11.7 Å². The number of rotatable bonds is 5. The molecular formula is C21H19N3O6. The van der Waals surface area contributed by atoms with E-state index in [4.69, 9.17) is 9.15 Å². The van der Waals surface area contributed by atoms with Crippen molar-refractivity contribution in [1.29, 1.82) is 0 Å². The predicted molar refractivity (Wildman–Crippen MR) is 108 cm³/mol. The lowest BCUT2D eigenvalue weighted by molar-refractivity contribution is -0.154. The molecule has 0 fully saturated rings. The maximum Gasteiger partial charge on any atom is 0.419 e. The predicted octanol–water partition coefficient (Wildman–Crippen LogP) is 1.90. The van der Waals surface area contributed by atoms with Crippen LogP contribution in [0.2, 0.25) is 0 Å². The van der Waals surface area contributed by atoms with Gasteiger partial charge in [-0.1, -0.05) is 24.3 Å². The van der Waals surface area contributed by atoms with Gasteiger partial charge < -0.3 is 14.5 Å². The smallest absolute Gasteiger partial charge is 0.419 e. The molecule has 9 heteroatoms. The number of benzene rings is 2. The van der Waals surface area contributed by atoms with Crippen LogP contribution >= 0.6 is 0 Å². The zero-order valence-corrected chi connectivity index (χ0v) is 16.2. The van der Waals surface area contributed by atoms with Gasteiger partial charge >= 0.3 is 11.7 Å². The largest absolute Gasteiger partial charge is 0.452 e. The number of amides is 2. The molecule has 3 aromatic rings. The Morgan fingerprint density at radius 3 is 2.70 bits per heavy atom. The van der Waals surface area contributed by atoms with Crippen LogP contribution in [0.25, 0.3) is 11.1 Å². The van der Waals surface area contributed by atoms with Crippen molar-refractivity contribution in [3.05, 3.63) is 59.1 Å². The normalized spacial score (nSPS) is 14.2. The van der Waals surface area contributed by atoms with Gasteiger partial charge in [-0.15, -0.1) is 0 Å². The molecule has 0 radical (unpaired) electrons. The first-order valence-electron chi connectivity index (χ1n) is 9.42. The lowest BCUT2D eigenvalue weighted by atomic mass is 10.1. The topological polar surface area (TPSA) is 111 Å². The van der Waals surface area contributed by atoms with Crippen LogP contribution in [0.5, 0.6) is 0 Å². The fourth-order valence-electron chi connectivity index (χ4n) is 3.38. The van der Waals surface area contributed by atoms with E-state index in [1.165, 1.54) is 16.4 Å². The number of esters is 1. The van der Waals surface area contributed by atoms with Crippen molar-refractivity contribution < 1.29 is 23.5 Å². The first-order valence-corrected chi connectivity index (χ1v) is 9.42. The number of hydrogen-bond acceptors (Lipinski definition) is 6. The lowest BCUT2D eigenvalue weighted by Gasteiger charge is -2.30. The Kier molecular flexibility index (Phi) is 5.09. The van der Waals surface area contributed by atoms with Crippen LogP contribution in [-0.4, -0.2) is 35.0 Å². The van der Waals surface area contributed by atoms with Crippen molar-refractivity contribution in [2.45, 2.75) is 26.0 Å². The summed E-state index contributed by atoms with van der Waals surface area (Å²) in [4.78, 5) is 50.3. The zero-order chi connectivity index (χ0) is 21.3. The lowest BCUT2D eigenvalue weighted by Crippen LogP contribution is -2.47. The summed E-state index contributed by atoms with van der Waals surface area (Å²) < 4.78 is 11.7. The second-order valence-corrected chi connectivity index (χ2v) is 6.86. The number of nitrogens with one attached hydrogen (secondary N) is 1. The number of anilines is 2. The van der Waals surface area contributed by atoms with Gasteiger partial charge in [0.1, 0.15) is 6.54 Å². The quantitative estimate of drug-likeness (QED) is 0.645. The van der Waals surface area contributed by atoms with Crippen LogP contribution in [0, 0.1) is 0 Å². The summed E-state index contributed by atoms with van der Waals surface area (Å²) in [5, 5.41) is 2.70. The molecule has 0 bridgehead atoms. The Hall–Kier alpha value is -3.88. The standard InChI is InChI=1S/C21H19N3O6/c1-13(20(27)24-12-18(25)22-14-6-2-3-7-15(14)24)29-19(26)10-11-23-16-8-4-5-9-17(16)30-21(23)28/h2-9,13H,10-12H2,1H3,(H,22,25)/t13-/m1/s1. The van der Waals surface area contributed by atoms with E-state index in [1.54, 1.807) is 48.5 Å². The molecule has 0 saturated carbocycles. The summed E-state index contributed by atoms with van der Waals surface area (Å²) in [7, 11) is 0. The van der Waals surface area contributed by atoms with Crippen molar-refractivity contribution >= 4 is 40.3 Å². The minimum Gasteiger partial charge on any atom is -0.452 e. The molecule has 2 heterocycles. The maximum absolute atomic E-state index is 12.8. The zero-order valence-electron chi connectivity index (χ0n) is 16.2. The van der Waals surface area contributed by atoms with Gasteiger partial charge in [-0.25, -0.2) is 4.79 Å². The average molecular weight is 409 g/mol. The molecule has 9 nitrogen and oxygen atoms in total. The van der Waals surface area contributed by atoms with Gasteiger partial charge in [0.05, 0.1) is 23.3 Å². The van der Waals surface area contributed by atoms with Gasteiger partial charge in [0.2, 0.25) is 5.91 Å². The van der Waals surface area contributed by atoms with E-state index < -0.39 is 23.7 Å². The number of oxazole rings is 1. The van der Waals surface area contributed by atoms with Crippen molar-refractivity contribution in [2.75, 3.05) is 16.8 Å². The van der Waals surface area contributed by atoms with E-state index in [-0.39, 0.29) is 25.4 Å². The fourth-order valence-corrected chi connectivity index (χ4v) is 3.38. The molecule has 2 aromatic carbocycles. The van der Waals surface area contributed by atoms with Gasteiger partial charge in [-0.05, 0) is 31.2 Å². The molecule has 30 heavy (non-hydrogen) atoms. The van der Waals surface area contributed by atoms with Crippen molar-refractivity contribution in [1.82, 2.24) is 4.57 Å². The van der Waals surface area contributed by atoms with Gasteiger partial charge in [0.25, 0.3) is 5.91 Å². The second-order valence-electron chi connectivity index (χ2n) is 6.86. The van der Waals surface area contributed by atoms with Gasteiger partial charge in [-0.3, -0.25) is 23.9 Å². The number of carbonyl (C=O) groups excluding carboxylic acids is 3. The highest BCUT2D eigenvalue weighted by atomic mass is 16.5. The number of aromatic nitrogens is 1. The minimum absolute atomic E-state index is 0.0601. The van der Waals surface area contributed by atoms with E-state index in [1.807, 2.05) is 0 Å². The van der Waals surface area contributed by atoms with Crippen molar-refractivity contribution in [3.63, 3.8) is 0 Å². The van der Waals surface area contributed by atoms with Crippen LogP contribution in [0.15, 0.2) is 57.7 Å². The molecule has 154 valence electrons. The molecule has 0 unspecified atom stereocenters. The van der Waals surface area contributed by atoms with Gasteiger partial charge in [-0.2, -0.15) is 0 Å². The van der Waals surface area contributed by atoms with E-state index in [0.29, 0.717) is 22.5 Å². The van der Waals surface area contributed by atoms with Crippen LogP contribution in [0.3, 0.4) is 0 Å². The van der Waals surface area contributed by atoms with Crippen LogP contribution in [0.1, 0.15) is 13.3 Å². The van der Waals surface area contributed by atoms with Crippen LogP contribution in [0.4, 0.5) is 11.4 Å². The number of ether oxygens (including phenoxy) is 1. The third-order valence-electron chi connectivity index (χ3n) is 4.81. The summed E-state index contributed by atoms with van der Waals surface area (Å²) in [6, 6.07) is 13.8. The van der Waals surface area contributed by atoms with Crippen LogP contribution < -0.4 is 16.0 Å². The minimum atomic E-state index is -1.09. The molecule has 1 atom stereocenters. The van der Waals surface area contributed by atoms with E-state index in [9.17, 15) is 19.2 Å². The molecule has 2 amide bonds. The van der Waals surface area contributed by atoms with Crippen molar-refractivity contribution in [2.24, 2.45) is 0 Å². The molecule has 1 aliphatic heterocycles. The summed E-state index contributed by atoms with van der Waals surface area (Å²) in [6.07, 6.45) is -1.20. The highest BCUT2D eigenvalue weighted by molar-refractivity contribution is 6.11. The molecule has 1 N–H and O–H groups in total. The number of hydrogen-bond donors (Lipinski definition) is 1.